The highest BCUT2D eigenvalue weighted by molar-refractivity contribution is 5.71. The van der Waals surface area contributed by atoms with E-state index >= 15 is 0 Å². The van der Waals surface area contributed by atoms with Crippen molar-refractivity contribution >= 4 is 6.09 Å². The Morgan fingerprint density at radius 2 is 1.76 bits per heavy atom. The average molecular weight is 516 g/mol. The van der Waals surface area contributed by atoms with Crippen LogP contribution in [-0.2, 0) is 19.1 Å². The molecule has 10 heteroatoms. The van der Waals surface area contributed by atoms with Gasteiger partial charge in [0, 0.05) is 12.1 Å². The molecule has 1 amide bonds. The van der Waals surface area contributed by atoms with Crippen LogP contribution in [0.15, 0.2) is 53.3 Å². The van der Waals surface area contributed by atoms with Crippen molar-refractivity contribution in [3.8, 4) is 5.75 Å². The summed E-state index contributed by atoms with van der Waals surface area (Å²) in [4.78, 5) is 32.4. The summed E-state index contributed by atoms with van der Waals surface area (Å²) in [6, 6.07) is 9.85. The van der Waals surface area contributed by atoms with Crippen LogP contribution < -0.4 is 10.3 Å². The summed E-state index contributed by atoms with van der Waals surface area (Å²) in [7, 11) is 0. The van der Waals surface area contributed by atoms with Gasteiger partial charge in [-0.25, -0.2) is 14.2 Å². The highest BCUT2D eigenvalue weighted by Gasteiger charge is 2.34. The standard InChI is InChI=1S/C27H25F4N3O3/c1-16-32-23-15-33(26(36)37-21-11-7-19(8-12-21)27(29,30)31)14-13-22(23)25(35)34(16)24(17-3-2-4-17)18-5-9-20(28)10-6-18/h5-12,17,24H,2-4,13-15H2,1H3. The van der Waals surface area contributed by atoms with Gasteiger partial charge in [0.25, 0.3) is 5.56 Å². The molecule has 1 unspecified atom stereocenters. The van der Waals surface area contributed by atoms with Crippen LogP contribution in [0.25, 0.3) is 0 Å². The molecule has 0 bridgehead atoms. The van der Waals surface area contributed by atoms with E-state index in [1.165, 1.54) is 17.0 Å². The predicted octanol–water partition coefficient (Wildman–Crippen LogP) is 5.66. The normalized spacial score (nSPS) is 16.6. The average Bonchev–Trinajstić information content (AvgIpc) is 2.82. The Hall–Kier alpha value is -3.69. The van der Waals surface area contributed by atoms with Crippen LogP contribution in [0.4, 0.5) is 22.4 Å². The summed E-state index contributed by atoms with van der Waals surface area (Å²) in [5.74, 6) is 0.404. The van der Waals surface area contributed by atoms with Gasteiger partial charge in [-0.2, -0.15) is 13.2 Å². The fourth-order valence-corrected chi connectivity index (χ4v) is 5.03. The highest BCUT2D eigenvalue weighted by Crippen LogP contribution is 2.40. The van der Waals surface area contributed by atoms with Crippen LogP contribution in [0, 0.1) is 18.7 Å². The number of nitrogens with zero attached hydrogens (tertiary/aromatic N) is 3. The molecule has 194 valence electrons. The number of benzene rings is 2. The molecule has 0 radical (unpaired) electrons. The summed E-state index contributed by atoms with van der Waals surface area (Å²) in [5, 5.41) is 0. The third-order valence-electron chi connectivity index (χ3n) is 7.17. The molecule has 0 N–H and O–H groups in total. The van der Waals surface area contributed by atoms with Crippen molar-refractivity contribution in [1.82, 2.24) is 14.5 Å². The van der Waals surface area contributed by atoms with Crippen LogP contribution in [0.2, 0.25) is 0 Å². The minimum Gasteiger partial charge on any atom is -0.410 e. The van der Waals surface area contributed by atoms with Crippen LogP contribution in [0.5, 0.6) is 5.75 Å². The summed E-state index contributed by atoms with van der Waals surface area (Å²) in [6.45, 7) is 2.00. The molecule has 3 aromatic rings. The van der Waals surface area contributed by atoms with E-state index in [-0.39, 0.29) is 48.6 Å². The maximum absolute atomic E-state index is 13.7. The van der Waals surface area contributed by atoms with Gasteiger partial charge in [-0.1, -0.05) is 18.6 Å². The molecule has 2 aliphatic rings. The minimum atomic E-state index is -4.48. The van der Waals surface area contributed by atoms with E-state index < -0.39 is 17.8 Å². The number of carbonyl (C=O) groups is 1. The Kier molecular flexibility index (Phi) is 6.51. The smallest absolute Gasteiger partial charge is 0.410 e. The predicted molar refractivity (Wildman–Crippen MR) is 127 cm³/mol. The van der Waals surface area contributed by atoms with E-state index in [2.05, 4.69) is 4.98 Å². The number of hydrogen-bond donors (Lipinski definition) is 0. The number of hydrogen-bond acceptors (Lipinski definition) is 4. The van der Waals surface area contributed by atoms with Crippen LogP contribution >= 0.6 is 0 Å². The molecule has 2 aromatic carbocycles. The van der Waals surface area contributed by atoms with E-state index in [1.807, 2.05) is 0 Å². The number of rotatable bonds is 4. The van der Waals surface area contributed by atoms with Crippen molar-refractivity contribution in [1.29, 1.82) is 0 Å². The molecule has 1 aliphatic heterocycles. The van der Waals surface area contributed by atoms with Crippen molar-refractivity contribution in [3.63, 3.8) is 0 Å². The van der Waals surface area contributed by atoms with Gasteiger partial charge < -0.3 is 9.64 Å². The number of amides is 1. The third-order valence-corrected chi connectivity index (χ3v) is 7.17. The van der Waals surface area contributed by atoms with Crippen LogP contribution in [0.1, 0.15) is 53.5 Å². The van der Waals surface area contributed by atoms with Crippen molar-refractivity contribution in [2.45, 2.75) is 51.4 Å². The lowest BCUT2D eigenvalue weighted by atomic mass is 9.77. The second kappa shape index (κ2) is 9.64. The van der Waals surface area contributed by atoms with Crippen LogP contribution in [0.3, 0.4) is 0 Å². The molecule has 5 rings (SSSR count). The number of carbonyl (C=O) groups excluding carboxylic acids is 1. The van der Waals surface area contributed by atoms with Gasteiger partial charge in [0.2, 0.25) is 0 Å². The monoisotopic (exact) mass is 515 g/mol. The number of aromatic nitrogens is 2. The van der Waals surface area contributed by atoms with Gasteiger partial charge in [-0.3, -0.25) is 9.36 Å². The molecular weight excluding hydrogens is 490 g/mol. The zero-order chi connectivity index (χ0) is 26.3. The Balaban J connectivity index is 1.38. The van der Waals surface area contributed by atoms with Gasteiger partial charge in [0.1, 0.15) is 17.4 Å². The summed E-state index contributed by atoms with van der Waals surface area (Å²) in [5.41, 5.74) is 0.850. The number of aryl methyl sites for hydroxylation is 1. The lowest BCUT2D eigenvalue weighted by molar-refractivity contribution is -0.137. The van der Waals surface area contributed by atoms with E-state index in [4.69, 9.17) is 4.74 Å². The van der Waals surface area contributed by atoms with E-state index in [1.54, 1.807) is 23.6 Å². The molecule has 1 aliphatic carbocycles. The molecule has 6 nitrogen and oxygen atoms in total. The Morgan fingerprint density at radius 1 is 1.08 bits per heavy atom. The third kappa shape index (κ3) is 4.97. The first-order valence-electron chi connectivity index (χ1n) is 12.1. The molecule has 1 saturated carbocycles. The van der Waals surface area contributed by atoms with Gasteiger partial charge in [-0.15, -0.1) is 0 Å². The molecule has 2 heterocycles. The van der Waals surface area contributed by atoms with Crippen molar-refractivity contribution in [2.24, 2.45) is 5.92 Å². The maximum Gasteiger partial charge on any atom is 0.416 e. The summed E-state index contributed by atoms with van der Waals surface area (Å²) in [6.07, 6.45) is -1.94. The fraction of sp³-hybridized carbons (Fsp3) is 0.370. The fourth-order valence-electron chi connectivity index (χ4n) is 5.03. The number of halogens is 4. The zero-order valence-corrected chi connectivity index (χ0v) is 20.1. The first-order chi connectivity index (χ1) is 17.6. The van der Waals surface area contributed by atoms with Gasteiger partial charge in [0.05, 0.1) is 23.8 Å². The Bertz CT molecular complexity index is 1360. The quantitative estimate of drug-likeness (QED) is 0.421. The topological polar surface area (TPSA) is 64.4 Å². The van der Waals surface area contributed by atoms with Crippen molar-refractivity contribution < 1.29 is 27.1 Å². The Morgan fingerprint density at radius 3 is 2.35 bits per heavy atom. The largest absolute Gasteiger partial charge is 0.416 e. The first-order valence-corrected chi connectivity index (χ1v) is 12.1. The highest BCUT2D eigenvalue weighted by atomic mass is 19.4. The van der Waals surface area contributed by atoms with Crippen molar-refractivity contribution in [2.75, 3.05) is 6.54 Å². The second-order valence-electron chi connectivity index (χ2n) is 9.51. The number of alkyl halides is 3. The van der Waals surface area contributed by atoms with Gasteiger partial charge in [0.15, 0.2) is 0 Å². The second-order valence-corrected chi connectivity index (χ2v) is 9.51. The molecular formula is C27H25F4N3O3. The molecule has 1 aromatic heterocycles. The van der Waals surface area contributed by atoms with E-state index in [0.29, 0.717) is 17.1 Å². The minimum absolute atomic E-state index is 0.00834. The first kappa shape index (κ1) is 25.0. The molecule has 0 saturated heterocycles. The van der Waals surface area contributed by atoms with Gasteiger partial charge >= 0.3 is 12.3 Å². The number of ether oxygens (including phenoxy) is 1. The molecule has 1 fully saturated rings. The Labute approximate surface area is 210 Å². The molecule has 37 heavy (non-hydrogen) atoms. The summed E-state index contributed by atoms with van der Waals surface area (Å²) < 4.78 is 58.8. The maximum atomic E-state index is 13.7. The summed E-state index contributed by atoms with van der Waals surface area (Å²) >= 11 is 0. The lowest BCUT2D eigenvalue weighted by Crippen LogP contribution is -2.44. The SMILES string of the molecule is Cc1nc2c(c(=O)n1C(c1ccc(F)cc1)C1CCC1)CCN(C(=O)Oc1ccc(C(F)(F)F)cc1)C2. The zero-order valence-electron chi connectivity index (χ0n) is 20.1. The number of fused-ring (bicyclic) bond motifs is 1. The molecule has 0 spiro atoms. The van der Waals surface area contributed by atoms with Crippen LogP contribution in [-0.4, -0.2) is 27.1 Å². The van der Waals surface area contributed by atoms with Crippen molar-refractivity contribution in [3.05, 3.63) is 92.9 Å². The van der Waals surface area contributed by atoms with E-state index in [0.717, 1.165) is 49.1 Å². The lowest BCUT2D eigenvalue weighted by Gasteiger charge is -2.37. The van der Waals surface area contributed by atoms with Gasteiger partial charge in [-0.05, 0) is 74.1 Å². The van der Waals surface area contributed by atoms with E-state index in [9.17, 15) is 27.2 Å². The molecule has 1 atom stereocenters.